The van der Waals surface area contributed by atoms with Gasteiger partial charge in [-0.05, 0) is 20.5 Å². The minimum absolute atomic E-state index is 0.119. The van der Waals surface area contributed by atoms with E-state index in [1.165, 1.54) is 0 Å². The Morgan fingerprint density at radius 1 is 0.857 bits per heavy atom. The standard InChI is InChI=1S/C12H17F9O3S.C2H7N/c1-2-3-4-5-6-7-8(13)9(14,15)10(16,17)11(18,19)12(20,21)25(22,23)24;1-3-2/h8H,2-7H2,1H3,(H,22,23,24);3H,1-2H3. The highest BCUT2D eigenvalue weighted by molar-refractivity contribution is 7.87. The van der Waals surface area contributed by atoms with Crippen molar-refractivity contribution in [2.75, 3.05) is 14.1 Å². The third-order valence-electron chi connectivity index (χ3n) is 3.46. The van der Waals surface area contributed by atoms with Crippen LogP contribution in [0.4, 0.5) is 39.5 Å². The summed E-state index contributed by atoms with van der Waals surface area (Å²) in [5.74, 6) is -20.6. The topological polar surface area (TPSA) is 66.4 Å². The predicted molar refractivity (Wildman–Crippen MR) is 84.6 cm³/mol. The molecule has 0 heterocycles. The maximum Gasteiger partial charge on any atom is 0.438 e. The normalized spacial score (nSPS) is 15.0. The molecule has 0 amide bonds. The summed E-state index contributed by atoms with van der Waals surface area (Å²) in [6.45, 7) is 1.78. The lowest BCUT2D eigenvalue weighted by molar-refractivity contribution is -0.359. The first-order valence-corrected chi connectivity index (χ1v) is 9.54. The quantitative estimate of drug-likeness (QED) is 0.263. The molecule has 1 unspecified atom stereocenters. The van der Waals surface area contributed by atoms with Gasteiger partial charge in [0, 0.05) is 0 Å². The van der Waals surface area contributed by atoms with E-state index < -0.39 is 52.2 Å². The van der Waals surface area contributed by atoms with Crippen molar-refractivity contribution in [2.24, 2.45) is 0 Å². The molecule has 0 aromatic rings. The predicted octanol–water partition coefficient (Wildman–Crippen LogP) is 4.91. The van der Waals surface area contributed by atoms with Gasteiger partial charge in [-0.15, -0.1) is 0 Å². The molecule has 0 aliphatic heterocycles. The first-order valence-electron chi connectivity index (χ1n) is 8.10. The van der Waals surface area contributed by atoms with Crippen molar-refractivity contribution in [1.82, 2.24) is 5.32 Å². The second-order valence-electron chi connectivity index (χ2n) is 5.93. The second-order valence-corrected chi connectivity index (χ2v) is 7.40. The summed E-state index contributed by atoms with van der Waals surface area (Å²) in [7, 11) is -3.43. The molecule has 0 aromatic heterocycles. The molecule has 0 aliphatic rings. The van der Waals surface area contributed by atoms with Crippen LogP contribution in [0.25, 0.3) is 0 Å². The number of unbranched alkanes of at least 4 members (excludes halogenated alkanes) is 4. The van der Waals surface area contributed by atoms with Crippen LogP contribution in [0.3, 0.4) is 0 Å². The lowest BCUT2D eigenvalue weighted by Crippen LogP contribution is -2.66. The summed E-state index contributed by atoms with van der Waals surface area (Å²) >= 11 is 0. The van der Waals surface area contributed by atoms with Crippen LogP contribution in [0.1, 0.15) is 45.4 Å². The van der Waals surface area contributed by atoms with Crippen LogP contribution in [0.5, 0.6) is 0 Å². The summed E-state index contributed by atoms with van der Waals surface area (Å²) in [4.78, 5) is 0. The van der Waals surface area contributed by atoms with Gasteiger partial charge in [0.1, 0.15) is 0 Å². The Balaban J connectivity index is 0. The second kappa shape index (κ2) is 10.9. The fraction of sp³-hybridized carbons (Fsp3) is 1.00. The maximum absolute atomic E-state index is 13.4. The fourth-order valence-electron chi connectivity index (χ4n) is 1.86. The van der Waals surface area contributed by atoms with E-state index in [0.717, 1.165) is 0 Å². The molecular formula is C14H24F9NO3S. The number of hydrogen-bond acceptors (Lipinski definition) is 3. The first kappa shape index (κ1) is 29.4. The molecule has 0 spiro atoms. The van der Waals surface area contributed by atoms with Gasteiger partial charge in [-0.3, -0.25) is 4.55 Å². The Hall–Kier alpha value is -0.760. The largest absolute Gasteiger partial charge is 0.438 e. The SMILES string of the molecule is CCCCCCCC(F)C(F)(F)C(F)(F)C(F)(F)C(F)(F)S(=O)(=O)O.CNC. The molecular weight excluding hydrogens is 433 g/mol. The van der Waals surface area contributed by atoms with Gasteiger partial charge in [0.25, 0.3) is 0 Å². The van der Waals surface area contributed by atoms with E-state index in [2.05, 4.69) is 5.32 Å². The molecule has 14 heteroatoms. The van der Waals surface area contributed by atoms with Crippen LogP contribution in [-0.2, 0) is 10.1 Å². The fourth-order valence-corrected chi connectivity index (χ4v) is 2.31. The number of hydrogen-bond donors (Lipinski definition) is 2. The summed E-state index contributed by atoms with van der Waals surface area (Å²) < 4.78 is 147. The first-order chi connectivity index (χ1) is 12.4. The van der Waals surface area contributed by atoms with E-state index in [-0.39, 0.29) is 6.42 Å². The van der Waals surface area contributed by atoms with Crippen LogP contribution < -0.4 is 5.32 Å². The van der Waals surface area contributed by atoms with E-state index in [1.807, 2.05) is 14.1 Å². The highest BCUT2D eigenvalue weighted by Gasteiger charge is 2.85. The lowest BCUT2D eigenvalue weighted by atomic mass is 9.96. The Morgan fingerprint density at radius 2 is 1.25 bits per heavy atom. The molecule has 0 radical (unpaired) electrons. The molecule has 0 saturated carbocycles. The molecule has 0 aliphatic carbocycles. The van der Waals surface area contributed by atoms with Crippen molar-refractivity contribution in [2.45, 2.75) is 74.6 Å². The third-order valence-corrected chi connectivity index (χ3v) is 4.36. The maximum atomic E-state index is 13.4. The molecule has 0 aromatic carbocycles. The molecule has 172 valence electrons. The minimum Gasteiger partial charge on any atom is -0.323 e. The lowest BCUT2D eigenvalue weighted by Gasteiger charge is -2.36. The number of nitrogens with one attached hydrogen (secondary N) is 1. The van der Waals surface area contributed by atoms with Crippen molar-refractivity contribution >= 4 is 10.1 Å². The monoisotopic (exact) mass is 457 g/mol. The van der Waals surface area contributed by atoms with Crippen LogP contribution in [-0.4, -0.2) is 56.3 Å². The number of rotatable bonds is 11. The minimum atomic E-state index is -7.26. The van der Waals surface area contributed by atoms with Crippen molar-refractivity contribution in [1.29, 1.82) is 0 Å². The van der Waals surface area contributed by atoms with Crippen molar-refractivity contribution in [3.63, 3.8) is 0 Å². The summed E-state index contributed by atoms with van der Waals surface area (Å²) in [5.41, 5.74) is 0. The van der Waals surface area contributed by atoms with Crippen molar-refractivity contribution in [3.05, 3.63) is 0 Å². The Bertz CT molecular complexity index is 556. The smallest absolute Gasteiger partial charge is 0.323 e. The molecule has 2 N–H and O–H groups in total. The molecule has 1 atom stereocenters. The van der Waals surface area contributed by atoms with Crippen molar-refractivity contribution < 1.29 is 52.5 Å². The van der Waals surface area contributed by atoms with E-state index >= 15 is 0 Å². The highest BCUT2D eigenvalue weighted by Crippen LogP contribution is 2.55. The average molecular weight is 457 g/mol. The average Bonchev–Trinajstić information content (AvgIpc) is 2.53. The summed E-state index contributed by atoms with van der Waals surface area (Å²) in [5, 5.41) is -4.20. The molecule has 0 saturated heterocycles. The van der Waals surface area contributed by atoms with Gasteiger partial charge in [-0.25, -0.2) is 4.39 Å². The van der Waals surface area contributed by atoms with Crippen LogP contribution in [0.15, 0.2) is 0 Å². The van der Waals surface area contributed by atoms with Gasteiger partial charge >= 0.3 is 33.1 Å². The molecule has 4 nitrogen and oxygen atoms in total. The highest BCUT2D eigenvalue weighted by atomic mass is 32.2. The Morgan fingerprint density at radius 3 is 1.61 bits per heavy atom. The van der Waals surface area contributed by atoms with Crippen molar-refractivity contribution in [3.8, 4) is 0 Å². The van der Waals surface area contributed by atoms with E-state index in [1.54, 1.807) is 6.92 Å². The van der Waals surface area contributed by atoms with Gasteiger partial charge in [-0.1, -0.05) is 39.0 Å². The zero-order valence-corrected chi connectivity index (χ0v) is 16.2. The van der Waals surface area contributed by atoms with Gasteiger partial charge < -0.3 is 5.32 Å². The van der Waals surface area contributed by atoms with Crippen LogP contribution in [0, 0.1) is 0 Å². The van der Waals surface area contributed by atoms with Gasteiger partial charge in [0.2, 0.25) is 0 Å². The summed E-state index contributed by atoms with van der Waals surface area (Å²) in [6.07, 6.45) is -3.75. The van der Waals surface area contributed by atoms with E-state index in [4.69, 9.17) is 4.55 Å². The van der Waals surface area contributed by atoms with Gasteiger partial charge in [-0.2, -0.15) is 43.5 Å². The molecule has 0 bridgehead atoms. The molecule has 0 rings (SSSR count). The Kier molecular flexibility index (Phi) is 11.4. The summed E-state index contributed by atoms with van der Waals surface area (Å²) in [6, 6.07) is 0. The number of halogens is 9. The molecule has 0 fully saturated rings. The van der Waals surface area contributed by atoms with E-state index in [0.29, 0.717) is 19.3 Å². The van der Waals surface area contributed by atoms with Gasteiger partial charge in [0.15, 0.2) is 6.17 Å². The zero-order valence-electron chi connectivity index (χ0n) is 15.4. The van der Waals surface area contributed by atoms with Crippen LogP contribution >= 0.6 is 0 Å². The molecule has 28 heavy (non-hydrogen) atoms. The number of alkyl halides is 9. The van der Waals surface area contributed by atoms with Crippen LogP contribution in [0.2, 0.25) is 0 Å². The van der Waals surface area contributed by atoms with E-state index in [9.17, 15) is 47.9 Å². The Labute approximate surface area is 157 Å². The van der Waals surface area contributed by atoms with Gasteiger partial charge in [0.05, 0.1) is 0 Å². The third kappa shape index (κ3) is 6.37. The zero-order chi connectivity index (χ0) is 23.0.